The molecule has 17 heavy (non-hydrogen) atoms. The summed E-state index contributed by atoms with van der Waals surface area (Å²) in [5, 5.41) is 1.08. The van der Waals surface area contributed by atoms with Crippen LogP contribution in [0.3, 0.4) is 0 Å². The van der Waals surface area contributed by atoms with Crippen molar-refractivity contribution in [3.8, 4) is 0 Å². The van der Waals surface area contributed by atoms with Crippen LogP contribution in [-0.2, 0) is 0 Å². The molecule has 0 saturated heterocycles. The largest absolute Gasteiger partial charge is 0.0925 e. The lowest BCUT2D eigenvalue weighted by Gasteiger charge is -2.34. The number of hydrogen-bond acceptors (Lipinski definition) is 0. The van der Waals surface area contributed by atoms with Gasteiger partial charge in [0.25, 0.3) is 0 Å². The lowest BCUT2D eigenvalue weighted by Crippen LogP contribution is -2.20. The zero-order valence-electron chi connectivity index (χ0n) is 11.9. The summed E-state index contributed by atoms with van der Waals surface area (Å²) >= 11 is 3.48. The fraction of sp³-hybridized carbons (Fsp3) is 0.750. The smallest absolute Gasteiger partial charge is 0.00660 e. The van der Waals surface area contributed by atoms with Gasteiger partial charge in [0, 0.05) is 5.33 Å². The highest BCUT2D eigenvalue weighted by Crippen LogP contribution is 2.42. The lowest BCUT2D eigenvalue weighted by molar-refractivity contribution is 0.354. The third-order valence-electron chi connectivity index (χ3n) is 4.06. The molecular weight excluding hydrogens is 272 g/mol. The van der Waals surface area contributed by atoms with E-state index in [0.717, 1.165) is 11.8 Å². The van der Waals surface area contributed by atoms with Gasteiger partial charge in [0.2, 0.25) is 0 Å². The van der Waals surface area contributed by atoms with Gasteiger partial charge in [-0.15, -0.1) is 0 Å². The summed E-state index contributed by atoms with van der Waals surface area (Å²) in [7, 11) is 0. The molecule has 1 aliphatic carbocycles. The Kier molecular flexibility index (Phi) is 5.99. The number of allylic oxidation sites excluding steroid dienone is 4. The Morgan fingerprint density at radius 2 is 2.12 bits per heavy atom. The molecule has 0 aliphatic heterocycles. The fourth-order valence-electron chi connectivity index (χ4n) is 2.95. The summed E-state index contributed by atoms with van der Waals surface area (Å²) in [5.41, 5.74) is 5.38. The normalized spacial score (nSPS) is 20.9. The maximum absolute atomic E-state index is 3.48. The van der Waals surface area contributed by atoms with Crippen molar-refractivity contribution in [1.82, 2.24) is 0 Å². The van der Waals surface area contributed by atoms with Crippen LogP contribution < -0.4 is 0 Å². The summed E-state index contributed by atoms with van der Waals surface area (Å²) in [6.45, 7) is 9.45. The standard InChI is InChI=1S/C16H27Br/c1-13(7-6-12-17)9-10-15-14(2)8-5-11-16(15,3)4/h7H,5-6,8-12H2,1-4H3/b13-7+. The first-order valence-electron chi connectivity index (χ1n) is 6.88. The van der Waals surface area contributed by atoms with E-state index in [9.17, 15) is 0 Å². The second kappa shape index (κ2) is 6.78. The molecule has 0 spiro atoms. The number of rotatable bonds is 5. The SMILES string of the molecule is CC1=C(CC/C(C)=C/CCBr)C(C)(C)CCC1. The minimum atomic E-state index is 0.442. The Hall–Kier alpha value is -0.0400. The van der Waals surface area contributed by atoms with Gasteiger partial charge < -0.3 is 0 Å². The lowest BCUT2D eigenvalue weighted by atomic mass is 9.71. The van der Waals surface area contributed by atoms with Crippen LogP contribution >= 0.6 is 15.9 Å². The fourth-order valence-corrected chi connectivity index (χ4v) is 3.18. The van der Waals surface area contributed by atoms with Crippen molar-refractivity contribution in [1.29, 1.82) is 0 Å². The quantitative estimate of drug-likeness (QED) is 0.430. The molecule has 0 saturated carbocycles. The third kappa shape index (κ3) is 4.62. The van der Waals surface area contributed by atoms with Gasteiger partial charge in [0.15, 0.2) is 0 Å². The molecule has 0 atom stereocenters. The van der Waals surface area contributed by atoms with Crippen molar-refractivity contribution in [2.24, 2.45) is 5.41 Å². The van der Waals surface area contributed by atoms with E-state index >= 15 is 0 Å². The van der Waals surface area contributed by atoms with Crippen molar-refractivity contribution in [3.63, 3.8) is 0 Å². The van der Waals surface area contributed by atoms with Crippen molar-refractivity contribution in [2.75, 3.05) is 5.33 Å². The van der Waals surface area contributed by atoms with Gasteiger partial charge in [0.05, 0.1) is 0 Å². The summed E-state index contributed by atoms with van der Waals surface area (Å²) in [6, 6.07) is 0. The molecule has 0 radical (unpaired) electrons. The van der Waals surface area contributed by atoms with E-state index in [1.54, 1.807) is 16.7 Å². The van der Waals surface area contributed by atoms with Crippen LogP contribution in [0.15, 0.2) is 22.8 Å². The maximum Gasteiger partial charge on any atom is 0.00660 e. The first-order chi connectivity index (χ1) is 7.97. The Balaban J connectivity index is 2.61. The molecule has 0 unspecified atom stereocenters. The molecular formula is C16H27Br. The highest BCUT2D eigenvalue weighted by atomic mass is 79.9. The Morgan fingerprint density at radius 3 is 2.71 bits per heavy atom. The van der Waals surface area contributed by atoms with Gasteiger partial charge in [-0.1, -0.05) is 52.6 Å². The van der Waals surface area contributed by atoms with E-state index in [1.165, 1.54) is 32.1 Å². The first kappa shape index (κ1) is 15.0. The zero-order valence-corrected chi connectivity index (χ0v) is 13.5. The summed E-state index contributed by atoms with van der Waals surface area (Å²) in [6.07, 6.45) is 10.1. The highest BCUT2D eigenvalue weighted by molar-refractivity contribution is 9.09. The highest BCUT2D eigenvalue weighted by Gasteiger charge is 2.27. The molecule has 0 fully saturated rings. The monoisotopic (exact) mass is 298 g/mol. The van der Waals surface area contributed by atoms with Crippen LogP contribution in [0.5, 0.6) is 0 Å². The third-order valence-corrected chi connectivity index (χ3v) is 4.51. The molecule has 0 nitrogen and oxygen atoms in total. The molecule has 0 amide bonds. The van der Waals surface area contributed by atoms with Gasteiger partial charge >= 0.3 is 0 Å². The first-order valence-corrected chi connectivity index (χ1v) is 8.00. The van der Waals surface area contributed by atoms with Crippen LogP contribution in [0.25, 0.3) is 0 Å². The Morgan fingerprint density at radius 1 is 1.41 bits per heavy atom. The number of alkyl halides is 1. The van der Waals surface area contributed by atoms with Gasteiger partial charge in [-0.25, -0.2) is 0 Å². The maximum atomic E-state index is 3.48. The predicted molar refractivity (Wildman–Crippen MR) is 81.7 cm³/mol. The minimum absolute atomic E-state index is 0.442. The second-order valence-corrected chi connectivity index (χ2v) is 6.82. The van der Waals surface area contributed by atoms with Crippen molar-refractivity contribution in [3.05, 3.63) is 22.8 Å². The zero-order chi connectivity index (χ0) is 12.9. The van der Waals surface area contributed by atoms with E-state index in [2.05, 4.69) is 49.7 Å². The van der Waals surface area contributed by atoms with Gasteiger partial charge in [0.1, 0.15) is 0 Å². The average molecular weight is 299 g/mol. The Bertz CT molecular complexity index is 307. The molecule has 0 bridgehead atoms. The summed E-state index contributed by atoms with van der Waals surface area (Å²) in [5.74, 6) is 0. The van der Waals surface area contributed by atoms with E-state index in [1.807, 2.05) is 0 Å². The number of halogens is 1. The van der Waals surface area contributed by atoms with Crippen LogP contribution in [0.2, 0.25) is 0 Å². The van der Waals surface area contributed by atoms with E-state index in [-0.39, 0.29) is 0 Å². The molecule has 1 rings (SSSR count). The topological polar surface area (TPSA) is 0 Å². The van der Waals surface area contributed by atoms with Crippen LogP contribution in [0.4, 0.5) is 0 Å². The van der Waals surface area contributed by atoms with Crippen molar-refractivity contribution >= 4 is 15.9 Å². The molecule has 1 heteroatoms. The predicted octanol–water partition coefficient (Wildman–Crippen LogP) is 6.02. The average Bonchev–Trinajstić information content (AvgIpc) is 2.24. The molecule has 0 aromatic carbocycles. The molecule has 0 aromatic rings. The molecule has 98 valence electrons. The van der Waals surface area contributed by atoms with Crippen LogP contribution in [0, 0.1) is 5.41 Å². The molecule has 0 heterocycles. The van der Waals surface area contributed by atoms with E-state index in [4.69, 9.17) is 0 Å². The molecule has 0 aromatic heterocycles. The van der Waals surface area contributed by atoms with Crippen molar-refractivity contribution in [2.45, 2.75) is 66.2 Å². The Labute approximate surface area is 116 Å². The van der Waals surface area contributed by atoms with Gasteiger partial charge in [-0.3, -0.25) is 0 Å². The van der Waals surface area contributed by atoms with Crippen molar-refractivity contribution < 1.29 is 0 Å². The minimum Gasteiger partial charge on any atom is -0.0925 e. The summed E-state index contributed by atoms with van der Waals surface area (Å²) in [4.78, 5) is 0. The van der Waals surface area contributed by atoms with Gasteiger partial charge in [-0.2, -0.15) is 0 Å². The van der Waals surface area contributed by atoms with Gasteiger partial charge in [-0.05, 0) is 57.8 Å². The van der Waals surface area contributed by atoms with Crippen LogP contribution in [-0.4, -0.2) is 5.33 Å². The number of hydrogen-bond donors (Lipinski definition) is 0. The molecule has 0 N–H and O–H groups in total. The second-order valence-electron chi connectivity index (χ2n) is 6.02. The van der Waals surface area contributed by atoms with E-state index in [0.29, 0.717) is 5.41 Å². The van der Waals surface area contributed by atoms with Crippen LogP contribution in [0.1, 0.15) is 66.2 Å². The van der Waals surface area contributed by atoms with E-state index < -0.39 is 0 Å². The molecule has 1 aliphatic rings. The summed E-state index contributed by atoms with van der Waals surface area (Å²) < 4.78 is 0.